The molecule has 0 saturated heterocycles. The third-order valence-corrected chi connectivity index (χ3v) is 1.59. The van der Waals surface area contributed by atoms with E-state index in [0.717, 1.165) is 4.47 Å². The normalized spacial score (nSPS) is 12.9. The molecule has 0 aliphatic carbocycles. The van der Waals surface area contributed by atoms with Crippen molar-refractivity contribution in [2.45, 2.75) is 6.40 Å². The number of hydrogen-bond acceptors (Lipinski definition) is 0. The van der Waals surface area contributed by atoms with Crippen molar-refractivity contribution in [3.05, 3.63) is 34.3 Å². The Hall–Kier alpha value is -0.440. The fourth-order valence-electron chi connectivity index (χ4n) is 0.576. The molecule has 0 bridgehead atoms. The second kappa shape index (κ2) is 3.10. The summed E-state index contributed by atoms with van der Waals surface area (Å²) in [6.07, 6.45) is -3.49. The van der Waals surface area contributed by atoms with E-state index in [4.69, 9.17) is 1.37 Å². The Morgan fingerprint density at radius 3 is 2.20 bits per heavy atom. The van der Waals surface area contributed by atoms with E-state index in [-0.39, 0.29) is 5.56 Å². The third kappa shape index (κ3) is 1.77. The minimum atomic E-state index is -3.49. The second-order valence-corrected chi connectivity index (χ2v) is 2.68. The summed E-state index contributed by atoms with van der Waals surface area (Å²) in [7, 11) is 0. The lowest BCUT2D eigenvalue weighted by Gasteiger charge is -1.96. The SMILES string of the molecule is [2H]C(F)(F)c1ccc(Br)cc1. The van der Waals surface area contributed by atoms with Crippen molar-refractivity contribution in [3.8, 4) is 0 Å². The molecule has 0 N–H and O–H groups in total. The molecule has 0 amide bonds. The Morgan fingerprint density at radius 1 is 1.30 bits per heavy atom. The fraction of sp³-hybridized carbons (Fsp3) is 0.143. The van der Waals surface area contributed by atoms with Crippen LogP contribution in [0, 0.1) is 0 Å². The zero-order chi connectivity index (χ0) is 8.48. The van der Waals surface area contributed by atoms with Gasteiger partial charge in [-0.1, -0.05) is 28.1 Å². The molecule has 10 heavy (non-hydrogen) atoms. The van der Waals surface area contributed by atoms with Gasteiger partial charge in [0.1, 0.15) is 1.37 Å². The Balaban J connectivity index is 2.99. The minimum Gasteiger partial charge on any atom is -0.205 e. The molecule has 0 unspecified atom stereocenters. The van der Waals surface area contributed by atoms with Crippen molar-refractivity contribution >= 4 is 15.9 Å². The lowest BCUT2D eigenvalue weighted by molar-refractivity contribution is 0.151. The molecule has 0 aromatic heterocycles. The first-order valence-electron chi connectivity index (χ1n) is 3.14. The van der Waals surface area contributed by atoms with Crippen LogP contribution < -0.4 is 0 Å². The minimum absolute atomic E-state index is 0.291. The van der Waals surface area contributed by atoms with E-state index in [1.807, 2.05) is 0 Å². The van der Waals surface area contributed by atoms with Gasteiger partial charge in [0.2, 0.25) is 0 Å². The predicted octanol–water partition coefficient (Wildman–Crippen LogP) is 3.39. The van der Waals surface area contributed by atoms with Crippen LogP contribution in [0.4, 0.5) is 8.78 Å². The monoisotopic (exact) mass is 207 g/mol. The van der Waals surface area contributed by atoms with Crippen LogP contribution >= 0.6 is 15.9 Å². The van der Waals surface area contributed by atoms with E-state index < -0.39 is 6.40 Å². The lowest BCUT2D eigenvalue weighted by Crippen LogP contribution is -1.80. The van der Waals surface area contributed by atoms with Gasteiger partial charge in [0.15, 0.2) is 0 Å². The van der Waals surface area contributed by atoms with Crippen LogP contribution in [-0.4, -0.2) is 0 Å². The highest BCUT2D eigenvalue weighted by Crippen LogP contribution is 2.20. The number of halogens is 3. The van der Waals surface area contributed by atoms with Gasteiger partial charge in [-0.2, -0.15) is 0 Å². The van der Waals surface area contributed by atoms with E-state index in [1.165, 1.54) is 24.3 Å². The zero-order valence-corrected chi connectivity index (χ0v) is 6.53. The van der Waals surface area contributed by atoms with Crippen LogP contribution in [0.3, 0.4) is 0 Å². The van der Waals surface area contributed by atoms with Crippen molar-refractivity contribution in [2.24, 2.45) is 0 Å². The van der Waals surface area contributed by atoms with Crippen molar-refractivity contribution in [1.82, 2.24) is 0 Å². The summed E-state index contributed by atoms with van der Waals surface area (Å²) >= 11 is 3.11. The molecule has 0 radical (unpaired) electrons. The largest absolute Gasteiger partial charge is 0.263 e. The average molecular weight is 208 g/mol. The van der Waals surface area contributed by atoms with E-state index >= 15 is 0 Å². The van der Waals surface area contributed by atoms with Gasteiger partial charge in [-0.05, 0) is 12.1 Å². The smallest absolute Gasteiger partial charge is 0.205 e. The van der Waals surface area contributed by atoms with Gasteiger partial charge in [-0.25, -0.2) is 8.78 Å². The first-order valence-corrected chi connectivity index (χ1v) is 3.43. The van der Waals surface area contributed by atoms with E-state index in [2.05, 4.69) is 15.9 Å². The van der Waals surface area contributed by atoms with Crippen LogP contribution in [0.2, 0.25) is 0 Å². The topological polar surface area (TPSA) is 0 Å². The molecule has 0 aliphatic heterocycles. The van der Waals surface area contributed by atoms with Crippen molar-refractivity contribution in [1.29, 1.82) is 0 Å². The van der Waals surface area contributed by atoms with Crippen molar-refractivity contribution in [2.75, 3.05) is 0 Å². The summed E-state index contributed by atoms with van der Waals surface area (Å²) in [4.78, 5) is 0. The quantitative estimate of drug-likeness (QED) is 0.663. The number of benzene rings is 1. The molecule has 0 spiro atoms. The predicted molar refractivity (Wildman–Crippen MR) is 39.1 cm³/mol. The highest BCUT2D eigenvalue weighted by atomic mass is 79.9. The first kappa shape index (κ1) is 6.28. The summed E-state index contributed by atoms with van der Waals surface area (Å²) < 4.78 is 31.6. The fourth-order valence-corrected chi connectivity index (χ4v) is 0.840. The Bertz CT molecular complexity index is 240. The van der Waals surface area contributed by atoms with Crippen LogP contribution in [0.1, 0.15) is 13.3 Å². The molecule has 54 valence electrons. The van der Waals surface area contributed by atoms with Crippen molar-refractivity contribution in [3.63, 3.8) is 0 Å². The summed E-state index contributed by atoms with van der Waals surface area (Å²) in [5.41, 5.74) is -0.291. The highest BCUT2D eigenvalue weighted by molar-refractivity contribution is 9.10. The molecule has 1 aromatic carbocycles. The van der Waals surface area contributed by atoms with Gasteiger partial charge >= 0.3 is 0 Å². The molecule has 0 nitrogen and oxygen atoms in total. The molecule has 0 aliphatic rings. The van der Waals surface area contributed by atoms with Gasteiger partial charge in [-0.15, -0.1) is 0 Å². The maximum absolute atomic E-state index is 12.2. The summed E-state index contributed by atoms with van der Waals surface area (Å²) in [6.45, 7) is 0. The molecular formula is C7H5BrF2. The molecule has 1 rings (SSSR count). The van der Waals surface area contributed by atoms with E-state index in [0.29, 0.717) is 0 Å². The van der Waals surface area contributed by atoms with Gasteiger partial charge in [-0.3, -0.25) is 0 Å². The van der Waals surface area contributed by atoms with Crippen LogP contribution in [0.5, 0.6) is 0 Å². The molecule has 0 fully saturated rings. The van der Waals surface area contributed by atoms with Gasteiger partial charge < -0.3 is 0 Å². The lowest BCUT2D eigenvalue weighted by atomic mass is 10.2. The summed E-state index contributed by atoms with van der Waals surface area (Å²) in [5, 5.41) is 0. The maximum atomic E-state index is 12.2. The Labute approximate surface area is 67.4 Å². The maximum Gasteiger partial charge on any atom is 0.263 e. The van der Waals surface area contributed by atoms with Crippen LogP contribution in [-0.2, 0) is 0 Å². The second-order valence-electron chi connectivity index (χ2n) is 1.77. The molecule has 1 aromatic rings. The molecule has 0 heterocycles. The molecule has 0 saturated carbocycles. The Kier molecular flexibility index (Phi) is 1.95. The number of rotatable bonds is 1. The average Bonchev–Trinajstić information content (AvgIpc) is 1.86. The standard InChI is InChI=1S/C7H5BrF2/c8-6-3-1-5(2-4-6)7(9)10/h1-4,7H/i7D. The molecule has 0 atom stereocenters. The van der Waals surface area contributed by atoms with Gasteiger partial charge in [0.05, 0.1) is 0 Å². The number of alkyl halides is 2. The molecule has 3 heteroatoms. The van der Waals surface area contributed by atoms with E-state index in [9.17, 15) is 8.78 Å². The zero-order valence-electron chi connectivity index (χ0n) is 5.94. The first-order chi connectivity index (χ1) is 5.00. The molecular weight excluding hydrogens is 202 g/mol. The van der Waals surface area contributed by atoms with Crippen LogP contribution in [0.15, 0.2) is 28.7 Å². The van der Waals surface area contributed by atoms with Crippen molar-refractivity contribution < 1.29 is 10.2 Å². The van der Waals surface area contributed by atoms with Gasteiger partial charge in [0.25, 0.3) is 6.40 Å². The highest BCUT2D eigenvalue weighted by Gasteiger charge is 2.04. The van der Waals surface area contributed by atoms with Gasteiger partial charge in [0, 0.05) is 10.0 Å². The summed E-state index contributed by atoms with van der Waals surface area (Å²) in [6, 6.07) is 5.41. The third-order valence-electron chi connectivity index (χ3n) is 1.06. The van der Waals surface area contributed by atoms with Crippen LogP contribution in [0.25, 0.3) is 0 Å². The Morgan fingerprint density at radius 2 is 1.80 bits per heavy atom. The summed E-state index contributed by atoms with van der Waals surface area (Å²) in [5.74, 6) is 0. The number of hydrogen-bond donors (Lipinski definition) is 0. The van der Waals surface area contributed by atoms with E-state index in [1.54, 1.807) is 0 Å².